The number of fused-ring (bicyclic) bond motifs is 1. The Hall–Kier alpha value is -2.25. The fourth-order valence-electron chi connectivity index (χ4n) is 3.25. The summed E-state index contributed by atoms with van der Waals surface area (Å²) in [6, 6.07) is 10.0. The van der Waals surface area contributed by atoms with Crippen molar-refractivity contribution < 1.29 is 9.53 Å². The van der Waals surface area contributed by atoms with E-state index in [1.807, 2.05) is 35.0 Å². The first-order valence-electron chi connectivity index (χ1n) is 8.45. The molecule has 0 spiro atoms. The van der Waals surface area contributed by atoms with Crippen LogP contribution in [0.5, 0.6) is 0 Å². The first kappa shape index (κ1) is 16.2. The number of nitrogens with one attached hydrogen (secondary N) is 1. The van der Waals surface area contributed by atoms with Crippen molar-refractivity contribution in [1.82, 2.24) is 14.8 Å². The fourth-order valence-corrected chi connectivity index (χ4v) is 4.12. The Balaban J connectivity index is 1.55. The van der Waals surface area contributed by atoms with Gasteiger partial charge in [0, 0.05) is 18.8 Å². The lowest BCUT2D eigenvalue weighted by atomic mass is 9.98. The van der Waals surface area contributed by atoms with Crippen LogP contribution in [0.1, 0.15) is 38.1 Å². The van der Waals surface area contributed by atoms with Gasteiger partial charge in [-0.15, -0.1) is 0 Å². The van der Waals surface area contributed by atoms with Crippen LogP contribution >= 0.6 is 11.3 Å². The van der Waals surface area contributed by atoms with Gasteiger partial charge in [-0.2, -0.15) is 5.10 Å². The van der Waals surface area contributed by atoms with Crippen molar-refractivity contribution >= 4 is 32.6 Å². The highest BCUT2D eigenvalue weighted by molar-refractivity contribution is 7.22. The smallest absolute Gasteiger partial charge is 0.232 e. The van der Waals surface area contributed by atoms with Crippen LogP contribution in [0.15, 0.2) is 36.5 Å². The molecule has 1 saturated heterocycles. The number of para-hydroxylation sites is 1. The number of nitrogens with zero attached hydrogens (tertiary/aromatic N) is 3. The largest absolute Gasteiger partial charge is 0.371 e. The Morgan fingerprint density at radius 2 is 2.20 bits per heavy atom. The summed E-state index contributed by atoms with van der Waals surface area (Å²) in [5, 5.41) is 7.97. The van der Waals surface area contributed by atoms with Gasteiger partial charge in [-0.1, -0.05) is 23.5 Å². The summed E-state index contributed by atoms with van der Waals surface area (Å²) in [7, 11) is 0. The Morgan fingerprint density at radius 1 is 1.36 bits per heavy atom. The van der Waals surface area contributed by atoms with Gasteiger partial charge in [0.1, 0.15) is 6.10 Å². The second-order valence-corrected chi connectivity index (χ2v) is 7.49. The summed E-state index contributed by atoms with van der Waals surface area (Å²) in [5.74, 6) is -0.278. The van der Waals surface area contributed by atoms with Gasteiger partial charge in [0.05, 0.1) is 21.8 Å². The molecule has 2 aromatic heterocycles. The molecule has 1 amide bonds. The molecule has 0 bridgehead atoms. The number of hydrogen-bond donors (Lipinski definition) is 1. The number of ether oxygens (including phenoxy) is 1. The normalized spacial score (nSPS) is 20.4. The number of carbonyl (C=O) groups excluding carboxylic acids is 1. The van der Waals surface area contributed by atoms with E-state index in [4.69, 9.17) is 4.74 Å². The molecule has 0 saturated carbocycles. The lowest BCUT2D eigenvalue weighted by Gasteiger charge is -2.20. The van der Waals surface area contributed by atoms with Gasteiger partial charge in [-0.3, -0.25) is 9.48 Å². The van der Waals surface area contributed by atoms with E-state index in [0.717, 1.165) is 15.9 Å². The van der Waals surface area contributed by atoms with Crippen LogP contribution in [0.2, 0.25) is 0 Å². The van der Waals surface area contributed by atoms with Crippen molar-refractivity contribution in [2.45, 2.75) is 32.4 Å². The molecule has 4 rings (SSSR count). The number of aromatic nitrogens is 3. The highest BCUT2D eigenvalue weighted by Crippen LogP contribution is 2.36. The number of anilines is 1. The minimum Gasteiger partial charge on any atom is -0.371 e. The monoisotopic (exact) mass is 356 g/mol. The van der Waals surface area contributed by atoms with Crippen LogP contribution in [-0.2, 0) is 9.53 Å². The van der Waals surface area contributed by atoms with E-state index in [0.29, 0.717) is 18.2 Å². The SMILES string of the molecule is CC(C)n1nccc1[C@H]1OCC[C@@H]1C(=O)Nc1nc2ccccc2s1. The van der Waals surface area contributed by atoms with Gasteiger partial charge in [0.2, 0.25) is 5.91 Å². The van der Waals surface area contributed by atoms with Gasteiger partial charge < -0.3 is 10.1 Å². The zero-order chi connectivity index (χ0) is 17.4. The molecular formula is C18H20N4O2S. The van der Waals surface area contributed by atoms with Crippen LogP contribution in [0.3, 0.4) is 0 Å². The van der Waals surface area contributed by atoms with E-state index in [9.17, 15) is 4.79 Å². The molecule has 0 aliphatic carbocycles. The molecule has 3 heterocycles. The Bertz CT molecular complexity index is 868. The molecule has 1 aliphatic rings. The third-order valence-corrected chi connectivity index (χ3v) is 5.39. The Morgan fingerprint density at radius 3 is 3.00 bits per heavy atom. The predicted octanol–water partition coefficient (Wildman–Crippen LogP) is 3.79. The maximum absolute atomic E-state index is 12.8. The third kappa shape index (κ3) is 3.05. The van der Waals surface area contributed by atoms with Crippen molar-refractivity contribution in [3.05, 3.63) is 42.2 Å². The molecule has 7 heteroatoms. The van der Waals surface area contributed by atoms with Crippen molar-refractivity contribution in [2.75, 3.05) is 11.9 Å². The zero-order valence-corrected chi connectivity index (χ0v) is 15.0. The number of amides is 1. The van der Waals surface area contributed by atoms with Crippen LogP contribution < -0.4 is 5.32 Å². The molecule has 1 fully saturated rings. The van der Waals surface area contributed by atoms with Crippen molar-refractivity contribution in [2.24, 2.45) is 5.92 Å². The first-order chi connectivity index (χ1) is 12.1. The van der Waals surface area contributed by atoms with Gasteiger partial charge in [0.15, 0.2) is 5.13 Å². The van der Waals surface area contributed by atoms with E-state index in [1.165, 1.54) is 11.3 Å². The van der Waals surface area contributed by atoms with Gasteiger partial charge in [-0.25, -0.2) is 4.98 Å². The van der Waals surface area contributed by atoms with Crippen molar-refractivity contribution in [1.29, 1.82) is 0 Å². The number of hydrogen-bond acceptors (Lipinski definition) is 5. The van der Waals surface area contributed by atoms with Gasteiger partial charge in [-0.05, 0) is 38.5 Å². The molecule has 1 aliphatic heterocycles. The first-order valence-corrected chi connectivity index (χ1v) is 9.26. The molecule has 0 radical (unpaired) electrons. The molecule has 2 atom stereocenters. The van der Waals surface area contributed by atoms with Crippen molar-refractivity contribution in [3.8, 4) is 0 Å². The molecular weight excluding hydrogens is 336 g/mol. The fraction of sp³-hybridized carbons (Fsp3) is 0.389. The highest BCUT2D eigenvalue weighted by Gasteiger charge is 2.37. The lowest BCUT2D eigenvalue weighted by Crippen LogP contribution is -2.27. The van der Waals surface area contributed by atoms with Crippen LogP contribution in [0.25, 0.3) is 10.2 Å². The van der Waals surface area contributed by atoms with Crippen molar-refractivity contribution in [3.63, 3.8) is 0 Å². The molecule has 0 unspecified atom stereocenters. The van der Waals surface area contributed by atoms with E-state index in [2.05, 4.69) is 29.2 Å². The van der Waals surface area contributed by atoms with E-state index < -0.39 is 0 Å². The topological polar surface area (TPSA) is 69.0 Å². The molecule has 130 valence electrons. The number of thiazole rings is 1. The summed E-state index contributed by atoms with van der Waals surface area (Å²) >= 11 is 1.49. The summed E-state index contributed by atoms with van der Waals surface area (Å²) in [6.07, 6.45) is 2.20. The minimum absolute atomic E-state index is 0.0435. The third-order valence-electron chi connectivity index (χ3n) is 4.43. The summed E-state index contributed by atoms with van der Waals surface area (Å²) in [6.45, 7) is 4.72. The number of carbonyl (C=O) groups is 1. The standard InChI is InChI=1S/C18H20N4O2S/c1-11(2)22-14(7-9-19-22)16-12(8-10-24-16)17(23)21-18-20-13-5-3-4-6-15(13)25-18/h3-7,9,11-12,16H,8,10H2,1-2H3,(H,20,21,23)/t12-,16-/m0/s1. The average molecular weight is 356 g/mol. The molecule has 6 nitrogen and oxygen atoms in total. The van der Waals surface area contributed by atoms with Gasteiger partial charge in [0.25, 0.3) is 0 Å². The second kappa shape index (κ2) is 6.57. The van der Waals surface area contributed by atoms with Crippen LogP contribution in [0.4, 0.5) is 5.13 Å². The molecule has 1 aromatic carbocycles. The molecule has 25 heavy (non-hydrogen) atoms. The second-order valence-electron chi connectivity index (χ2n) is 6.46. The summed E-state index contributed by atoms with van der Waals surface area (Å²) < 4.78 is 8.87. The lowest BCUT2D eigenvalue weighted by molar-refractivity contribution is -0.121. The predicted molar refractivity (Wildman–Crippen MR) is 97.7 cm³/mol. The number of benzene rings is 1. The highest BCUT2D eigenvalue weighted by atomic mass is 32.1. The number of rotatable bonds is 4. The van der Waals surface area contributed by atoms with E-state index in [-0.39, 0.29) is 24.0 Å². The Labute approximate surface area is 149 Å². The quantitative estimate of drug-likeness (QED) is 0.772. The molecule has 1 N–H and O–H groups in total. The maximum Gasteiger partial charge on any atom is 0.232 e. The Kier molecular flexibility index (Phi) is 4.27. The van der Waals surface area contributed by atoms with Gasteiger partial charge >= 0.3 is 0 Å². The average Bonchev–Trinajstić information content (AvgIpc) is 3.31. The summed E-state index contributed by atoms with van der Waals surface area (Å²) in [5.41, 5.74) is 1.86. The van der Waals surface area contributed by atoms with E-state index in [1.54, 1.807) is 6.20 Å². The van der Waals surface area contributed by atoms with E-state index >= 15 is 0 Å². The summed E-state index contributed by atoms with van der Waals surface area (Å²) in [4.78, 5) is 17.3. The van der Waals surface area contributed by atoms with Crippen LogP contribution in [0, 0.1) is 5.92 Å². The minimum atomic E-state index is -0.265. The maximum atomic E-state index is 12.8. The van der Waals surface area contributed by atoms with Crippen LogP contribution in [-0.4, -0.2) is 27.3 Å². The zero-order valence-electron chi connectivity index (χ0n) is 14.2. The molecule has 3 aromatic rings.